The van der Waals surface area contributed by atoms with Crippen molar-refractivity contribution in [2.75, 3.05) is 13.2 Å². The molecule has 23 heavy (non-hydrogen) atoms. The number of nitrogens with zero attached hydrogens (tertiary/aromatic N) is 1. The quantitative estimate of drug-likeness (QED) is 0.483. The second-order valence-corrected chi connectivity index (χ2v) is 4.71. The van der Waals surface area contributed by atoms with Crippen molar-refractivity contribution in [3.8, 4) is 5.75 Å². The highest BCUT2D eigenvalue weighted by Gasteiger charge is 2.15. The Labute approximate surface area is 132 Å². The summed E-state index contributed by atoms with van der Waals surface area (Å²) in [6.07, 6.45) is -0.0757. The number of hydrogen-bond donors (Lipinski definition) is 1. The van der Waals surface area contributed by atoms with Crippen molar-refractivity contribution in [1.29, 1.82) is 0 Å². The van der Waals surface area contributed by atoms with Crippen molar-refractivity contribution in [1.82, 2.24) is 5.32 Å². The summed E-state index contributed by atoms with van der Waals surface area (Å²) in [6.45, 7) is 0.463. The topological polar surface area (TPSA) is 81.5 Å². The van der Waals surface area contributed by atoms with Gasteiger partial charge in [0.05, 0.1) is 17.9 Å². The normalized spacial score (nSPS) is 10.1. The van der Waals surface area contributed by atoms with Gasteiger partial charge in [0.15, 0.2) is 0 Å². The molecule has 0 radical (unpaired) electrons. The third-order valence-corrected chi connectivity index (χ3v) is 3.05. The van der Waals surface area contributed by atoms with Gasteiger partial charge in [-0.2, -0.15) is 0 Å². The van der Waals surface area contributed by atoms with E-state index >= 15 is 0 Å². The first kappa shape index (κ1) is 16.4. The van der Waals surface area contributed by atoms with Gasteiger partial charge in [0.2, 0.25) is 5.91 Å². The van der Waals surface area contributed by atoms with Gasteiger partial charge in [0.25, 0.3) is 5.69 Å². The number of nitrogens with one attached hydrogen (secondary N) is 1. The average molecular weight is 318 g/mol. The minimum atomic E-state index is -0.514. The summed E-state index contributed by atoms with van der Waals surface area (Å²) < 4.78 is 18.1. The molecule has 0 unspecified atom stereocenters. The highest BCUT2D eigenvalue weighted by molar-refractivity contribution is 5.79. The summed E-state index contributed by atoms with van der Waals surface area (Å²) in [7, 11) is 0. The zero-order valence-electron chi connectivity index (χ0n) is 12.2. The molecule has 0 fully saturated rings. The maximum Gasteiger partial charge on any atom is 0.273 e. The van der Waals surface area contributed by atoms with Crippen LogP contribution in [0.3, 0.4) is 0 Å². The maximum absolute atomic E-state index is 12.7. The Morgan fingerprint density at radius 3 is 2.57 bits per heavy atom. The Balaban J connectivity index is 1.77. The minimum Gasteiger partial charge on any atom is -0.492 e. The van der Waals surface area contributed by atoms with Crippen molar-refractivity contribution in [2.45, 2.75) is 6.42 Å². The van der Waals surface area contributed by atoms with Gasteiger partial charge < -0.3 is 10.1 Å². The fourth-order valence-electron chi connectivity index (χ4n) is 1.96. The van der Waals surface area contributed by atoms with Crippen LogP contribution in [-0.2, 0) is 11.2 Å². The molecule has 0 aromatic heterocycles. The van der Waals surface area contributed by atoms with Crippen LogP contribution in [0.5, 0.6) is 5.75 Å². The Kier molecular flexibility index (Phi) is 5.62. The van der Waals surface area contributed by atoms with E-state index in [2.05, 4.69) is 5.32 Å². The number of carbonyl (C=O) groups excluding carboxylic acids is 1. The minimum absolute atomic E-state index is 0.0757. The second-order valence-electron chi connectivity index (χ2n) is 4.71. The number of ether oxygens (including phenoxy) is 1. The van der Waals surface area contributed by atoms with E-state index in [4.69, 9.17) is 4.74 Å². The van der Waals surface area contributed by atoms with Crippen LogP contribution in [0.15, 0.2) is 48.5 Å². The van der Waals surface area contributed by atoms with Crippen molar-refractivity contribution in [3.05, 3.63) is 70.0 Å². The lowest BCUT2D eigenvalue weighted by atomic mass is 10.1. The van der Waals surface area contributed by atoms with Gasteiger partial charge >= 0.3 is 0 Å². The summed E-state index contributed by atoms with van der Waals surface area (Å²) in [6, 6.07) is 11.6. The van der Waals surface area contributed by atoms with E-state index in [-0.39, 0.29) is 37.0 Å². The van der Waals surface area contributed by atoms with Crippen LogP contribution in [-0.4, -0.2) is 24.0 Å². The number of halogens is 1. The number of rotatable bonds is 7. The first-order valence-corrected chi connectivity index (χ1v) is 6.93. The Hall–Kier alpha value is -2.96. The fraction of sp³-hybridized carbons (Fsp3) is 0.188. The number of para-hydroxylation sites is 1. The van der Waals surface area contributed by atoms with E-state index in [1.54, 1.807) is 18.2 Å². The number of carbonyl (C=O) groups is 1. The molecule has 0 aliphatic heterocycles. The van der Waals surface area contributed by atoms with Crippen LogP contribution in [0, 0.1) is 15.9 Å². The molecule has 0 saturated carbocycles. The van der Waals surface area contributed by atoms with Crippen LogP contribution in [0.25, 0.3) is 0 Å². The number of nitro groups is 1. The molecule has 2 aromatic carbocycles. The molecule has 2 aromatic rings. The molecule has 0 atom stereocenters. The SMILES string of the molecule is O=C(Cc1ccccc1[N+](=O)[O-])NCCOc1ccc(F)cc1. The monoisotopic (exact) mass is 318 g/mol. The molecule has 0 saturated heterocycles. The summed E-state index contributed by atoms with van der Waals surface area (Å²) in [5, 5.41) is 13.5. The lowest BCUT2D eigenvalue weighted by Crippen LogP contribution is -2.29. The van der Waals surface area contributed by atoms with Crippen molar-refractivity contribution in [3.63, 3.8) is 0 Å². The third-order valence-electron chi connectivity index (χ3n) is 3.05. The van der Waals surface area contributed by atoms with Crippen molar-refractivity contribution in [2.24, 2.45) is 0 Å². The van der Waals surface area contributed by atoms with Gasteiger partial charge in [-0.3, -0.25) is 14.9 Å². The number of nitro benzene ring substituents is 1. The molecule has 1 N–H and O–H groups in total. The van der Waals surface area contributed by atoms with E-state index in [1.165, 1.54) is 30.3 Å². The molecular formula is C16H15FN2O4. The molecule has 2 rings (SSSR count). The highest BCUT2D eigenvalue weighted by Crippen LogP contribution is 2.17. The molecule has 6 nitrogen and oxygen atoms in total. The lowest BCUT2D eigenvalue weighted by Gasteiger charge is -2.08. The standard InChI is InChI=1S/C16H15FN2O4/c17-13-5-7-14(8-6-13)23-10-9-18-16(20)11-12-3-1-2-4-15(12)19(21)22/h1-8H,9-11H2,(H,18,20). The van der Waals surface area contributed by atoms with Crippen LogP contribution < -0.4 is 10.1 Å². The van der Waals surface area contributed by atoms with Crippen LogP contribution in [0.2, 0.25) is 0 Å². The van der Waals surface area contributed by atoms with E-state index in [1.807, 2.05) is 0 Å². The van der Waals surface area contributed by atoms with Gasteiger partial charge in [0, 0.05) is 11.6 Å². The second kappa shape index (κ2) is 7.88. The highest BCUT2D eigenvalue weighted by atomic mass is 19.1. The van der Waals surface area contributed by atoms with Crippen molar-refractivity contribution < 1.29 is 18.8 Å². The Morgan fingerprint density at radius 1 is 1.17 bits per heavy atom. The predicted octanol–water partition coefficient (Wildman–Crippen LogP) is 2.47. The summed E-state index contributed by atoms with van der Waals surface area (Å²) >= 11 is 0. The Bertz CT molecular complexity index is 689. The van der Waals surface area contributed by atoms with Gasteiger partial charge in [-0.15, -0.1) is 0 Å². The van der Waals surface area contributed by atoms with Crippen LogP contribution in [0.4, 0.5) is 10.1 Å². The molecule has 1 amide bonds. The lowest BCUT2D eigenvalue weighted by molar-refractivity contribution is -0.385. The zero-order valence-corrected chi connectivity index (χ0v) is 12.2. The average Bonchev–Trinajstić information content (AvgIpc) is 2.53. The molecule has 0 spiro atoms. The van der Waals surface area contributed by atoms with Crippen LogP contribution >= 0.6 is 0 Å². The molecule has 7 heteroatoms. The van der Waals surface area contributed by atoms with Gasteiger partial charge in [-0.05, 0) is 24.3 Å². The first-order chi connectivity index (χ1) is 11.1. The smallest absolute Gasteiger partial charge is 0.273 e. The van der Waals surface area contributed by atoms with Gasteiger partial charge in [-0.1, -0.05) is 18.2 Å². The Morgan fingerprint density at radius 2 is 1.87 bits per heavy atom. The van der Waals surface area contributed by atoms with E-state index in [9.17, 15) is 19.3 Å². The number of benzene rings is 2. The molecule has 0 bridgehead atoms. The first-order valence-electron chi connectivity index (χ1n) is 6.93. The maximum atomic E-state index is 12.7. The molecule has 120 valence electrons. The molecule has 0 heterocycles. The fourth-order valence-corrected chi connectivity index (χ4v) is 1.96. The molecule has 0 aliphatic carbocycles. The van der Waals surface area contributed by atoms with Gasteiger partial charge in [0.1, 0.15) is 18.2 Å². The zero-order chi connectivity index (χ0) is 16.7. The van der Waals surface area contributed by atoms with Crippen LogP contribution in [0.1, 0.15) is 5.56 Å². The largest absolute Gasteiger partial charge is 0.492 e. The number of amides is 1. The van der Waals surface area contributed by atoms with E-state index in [0.29, 0.717) is 11.3 Å². The van der Waals surface area contributed by atoms with E-state index < -0.39 is 4.92 Å². The third kappa shape index (κ3) is 5.06. The number of hydrogen-bond acceptors (Lipinski definition) is 4. The molecule has 0 aliphatic rings. The molecular weight excluding hydrogens is 303 g/mol. The summed E-state index contributed by atoms with van der Waals surface area (Å²) in [5.74, 6) is -0.184. The predicted molar refractivity (Wildman–Crippen MR) is 81.7 cm³/mol. The summed E-state index contributed by atoms with van der Waals surface area (Å²) in [4.78, 5) is 22.2. The summed E-state index contributed by atoms with van der Waals surface area (Å²) in [5.41, 5.74) is 0.277. The van der Waals surface area contributed by atoms with Crippen molar-refractivity contribution >= 4 is 11.6 Å². The van der Waals surface area contributed by atoms with Gasteiger partial charge in [-0.25, -0.2) is 4.39 Å². The van der Waals surface area contributed by atoms with E-state index in [0.717, 1.165) is 0 Å².